The summed E-state index contributed by atoms with van der Waals surface area (Å²) in [6.45, 7) is 3.48. The highest BCUT2D eigenvalue weighted by atomic mass is 19.1. The third kappa shape index (κ3) is 3.43. The summed E-state index contributed by atoms with van der Waals surface area (Å²) < 4.78 is 18.5. The van der Waals surface area contributed by atoms with Crippen LogP contribution in [0.1, 0.15) is 26.7 Å². The monoisotopic (exact) mass is 284 g/mol. The first kappa shape index (κ1) is 15.9. The van der Waals surface area contributed by atoms with Gasteiger partial charge in [0.1, 0.15) is 5.54 Å². The minimum Gasteiger partial charge on any atom is -0.467 e. The fourth-order valence-electron chi connectivity index (χ4n) is 1.96. The van der Waals surface area contributed by atoms with E-state index in [0.29, 0.717) is 12.8 Å². The predicted octanol–water partition coefficient (Wildman–Crippen LogP) is 2.88. The number of anilines is 1. The number of hydrogen-bond donors (Lipinski definition) is 1. The van der Waals surface area contributed by atoms with Gasteiger partial charge in [0.15, 0.2) is 5.82 Å². The number of nitrogens with one attached hydrogen (secondary N) is 1. The Kier molecular flexibility index (Phi) is 5.01. The molecule has 7 heteroatoms. The van der Waals surface area contributed by atoms with Crippen LogP contribution in [0.15, 0.2) is 18.2 Å². The van der Waals surface area contributed by atoms with Gasteiger partial charge in [-0.1, -0.05) is 13.3 Å². The fraction of sp³-hybridized carbons (Fsp3) is 0.462. The van der Waals surface area contributed by atoms with Crippen molar-refractivity contribution in [2.24, 2.45) is 0 Å². The molecule has 0 heterocycles. The zero-order chi connectivity index (χ0) is 15.3. The molecule has 0 aliphatic carbocycles. The molecular weight excluding hydrogens is 267 g/mol. The van der Waals surface area contributed by atoms with Crippen molar-refractivity contribution >= 4 is 17.3 Å². The summed E-state index contributed by atoms with van der Waals surface area (Å²) in [5.41, 5.74) is -1.40. The van der Waals surface area contributed by atoms with Crippen molar-refractivity contribution in [2.75, 3.05) is 12.4 Å². The van der Waals surface area contributed by atoms with Gasteiger partial charge in [-0.3, -0.25) is 10.1 Å². The number of halogens is 1. The van der Waals surface area contributed by atoms with Crippen LogP contribution < -0.4 is 5.32 Å². The van der Waals surface area contributed by atoms with E-state index < -0.39 is 22.2 Å². The third-order valence-corrected chi connectivity index (χ3v) is 2.96. The molecule has 0 aliphatic rings. The molecule has 0 spiro atoms. The maximum absolute atomic E-state index is 13.8. The van der Waals surface area contributed by atoms with Crippen molar-refractivity contribution in [1.29, 1.82) is 0 Å². The zero-order valence-electron chi connectivity index (χ0n) is 11.6. The number of non-ortho nitro benzene ring substituents is 1. The number of rotatable bonds is 6. The second kappa shape index (κ2) is 6.31. The largest absolute Gasteiger partial charge is 0.467 e. The first-order valence-corrected chi connectivity index (χ1v) is 6.14. The standard InChI is InChI=1S/C13H17FN2O4/c1-4-7-13(2,12(17)20-3)15-11-6-5-9(16(18)19)8-10(11)14/h5-6,8,15H,4,7H2,1-3H3. The maximum atomic E-state index is 13.8. The van der Waals surface area contributed by atoms with Gasteiger partial charge < -0.3 is 10.1 Å². The van der Waals surface area contributed by atoms with Gasteiger partial charge in [-0.25, -0.2) is 9.18 Å². The van der Waals surface area contributed by atoms with Crippen LogP contribution in [0, 0.1) is 15.9 Å². The molecule has 1 atom stereocenters. The second-order valence-corrected chi connectivity index (χ2v) is 4.62. The lowest BCUT2D eigenvalue weighted by molar-refractivity contribution is -0.385. The lowest BCUT2D eigenvalue weighted by Crippen LogP contribution is -2.44. The van der Waals surface area contributed by atoms with Crippen molar-refractivity contribution in [2.45, 2.75) is 32.2 Å². The normalized spacial score (nSPS) is 13.4. The SMILES string of the molecule is CCCC(C)(Nc1ccc([N+](=O)[O-])cc1F)C(=O)OC. The van der Waals surface area contributed by atoms with Gasteiger partial charge in [0.2, 0.25) is 0 Å². The number of hydrogen-bond acceptors (Lipinski definition) is 5. The average molecular weight is 284 g/mol. The van der Waals surface area contributed by atoms with Gasteiger partial charge in [-0.05, 0) is 19.4 Å². The average Bonchev–Trinajstić information content (AvgIpc) is 2.40. The molecule has 0 saturated heterocycles. The quantitative estimate of drug-likeness (QED) is 0.493. The number of carbonyl (C=O) groups excluding carboxylic acids is 1. The number of benzene rings is 1. The molecule has 1 N–H and O–H groups in total. The van der Waals surface area contributed by atoms with Crippen LogP contribution in [0.2, 0.25) is 0 Å². The van der Waals surface area contributed by atoms with Crippen molar-refractivity contribution < 1.29 is 18.8 Å². The van der Waals surface area contributed by atoms with E-state index in [9.17, 15) is 19.3 Å². The van der Waals surface area contributed by atoms with E-state index in [1.165, 1.54) is 19.2 Å². The highest BCUT2D eigenvalue weighted by Gasteiger charge is 2.34. The molecule has 1 unspecified atom stereocenters. The van der Waals surface area contributed by atoms with E-state index in [0.717, 1.165) is 6.07 Å². The minimum absolute atomic E-state index is 0.0250. The molecule has 0 aromatic heterocycles. The van der Waals surface area contributed by atoms with Crippen molar-refractivity contribution in [3.8, 4) is 0 Å². The smallest absolute Gasteiger partial charge is 0.331 e. The number of methoxy groups -OCH3 is 1. The van der Waals surface area contributed by atoms with Crippen LogP contribution in [-0.4, -0.2) is 23.5 Å². The molecule has 1 rings (SSSR count). The molecule has 0 amide bonds. The Bertz CT molecular complexity index is 521. The molecule has 1 aromatic carbocycles. The van der Waals surface area contributed by atoms with E-state index >= 15 is 0 Å². The lowest BCUT2D eigenvalue weighted by Gasteiger charge is -2.28. The molecule has 0 radical (unpaired) electrons. The Morgan fingerprint density at radius 2 is 2.20 bits per heavy atom. The highest BCUT2D eigenvalue weighted by molar-refractivity contribution is 5.84. The molecule has 0 bridgehead atoms. The van der Waals surface area contributed by atoms with E-state index in [4.69, 9.17) is 4.74 Å². The van der Waals surface area contributed by atoms with Crippen molar-refractivity contribution in [3.05, 3.63) is 34.1 Å². The van der Waals surface area contributed by atoms with Crippen LogP contribution in [0.4, 0.5) is 15.8 Å². The molecule has 1 aromatic rings. The van der Waals surface area contributed by atoms with E-state index in [1.54, 1.807) is 6.92 Å². The van der Waals surface area contributed by atoms with Gasteiger partial charge >= 0.3 is 5.97 Å². The summed E-state index contributed by atoms with van der Waals surface area (Å²) in [6, 6.07) is 3.23. The Morgan fingerprint density at radius 3 is 2.65 bits per heavy atom. The van der Waals surface area contributed by atoms with E-state index in [2.05, 4.69) is 5.32 Å². The summed E-state index contributed by atoms with van der Waals surface area (Å²) in [4.78, 5) is 21.7. The summed E-state index contributed by atoms with van der Waals surface area (Å²) in [7, 11) is 1.25. The predicted molar refractivity (Wildman–Crippen MR) is 72.0 cm³/mol. The van der Waals surface area contributed by atoms with Crippen LogP contribution in [0.25, 0.3) is 0 Å². The van der Waals surface area contributed by atoms with Gasteiger partial charge in [-0.2, -0.15) is 0 Å². The summed E-state index contributed by atoms with van der Waals surface area (Å²) >= 11 is 0. The Hall–Kier alpha value is -2.18. The van der Waals surface area contributed by atoms with Crippen LogP contribution >= 0.6 is 0 Å². The fourth-order valence-corrected chi connectivity index (χ4v) is 1.96. The first-order chi connectivity index (χ1) is 9.34. The molecule has 20 heavy (non-hydrogen) atoms. The number of nitrogens with zero attached hydrogens (tertiary/aromatic N) is 1. The minimum atomic E-state index is -1.08. The first-order valence-electron chi connectivity index (χ1n) is 6.14. The Morgan fingerprint density at radius 1 is 1.55 bits per heavy atom. The highest BCUT2D eigenvalue weighted by Crippen LogP contribution is 2.26. The van der Waals surface area contributed by atoms with Crippen molar-refractivity contribution in [1.82, 2.24) is 0 Å². The van der Waals surface area contributed by atoms with Gasteiger partial charge in [0.25, 0.3) is 5.69 Å². The lowest BCUT2D eigenvalue weighted by atomic mass is 9.95. The second-order valence-electron chi connectivity index (χ2n) is 4.62. The topological polar surface area (TPSA) is 81.5 Å². The van der Waals surface area contributed by atoms with Gasteiger partial charge in [-0.15, -0.1) is 0 Å². The van der Waals surface area contributed by atoms with E-state index in [-0.39, 0.29) is 11.4 Å². The zero-order valence-corrected chi connectivity index (χ0v) is 11.6. The van der Waals surface area contributed by atoms with Crippen LogP contribution in [0.3, 0.4) is 0 Å². The summed E-state index contributed by atoms with van der Waals surface area (Å²) in [6.07, 6.45) is 1.13. The number of nitro benzene ring substituents is 1. The molecular formula is C13H17FN2O4. The van der Waals surface area contributed by atoms with E-state index in [1.807, 2.05) is 6.92 Å². The Balaban J connectivity index is 3.06. The third-order valence-electron chi connectivity index (χ3n) is 2.96. The van der Waals surface area contributed by atoms with Gasteiger partial charge in [0, 0.05) is 6.07 Å². The van der Waals surface area contributed by atoms with Crippen molar-refractivity contribution in [3.63, 3.8) is 0 Å². The molecule has 0 fully saturated rings. The van der Waals surface area contributed by atoms with Crippen LogP contribution in [-0.2, 0) is 9.53 Å². The molecule has 110 valence electrons. The molecule has 0 saturated carbocycles. The van der Waals surface area contributed by atoms with Gasteiger partial charge in [0.05, 0.1) is 23.8 Å². The number of ether oxygens (including phenoxy) is 1. The Labute approximate surface area is 116 Å². The number of carbonyl (C=O) groups is 1. The number of esters is 1. The van der Waals surface area contributed by atoms with Crippen LogP contribution in [0.5, 0.6) is 0 Å². The summed E-state index contributed by atoms with van der Waals surface area (Å²) in [5.74, 6) is -1.30. The molecule has 6 nitrogen and oxygen atoms in total. The maximum Gasteiger partial charge on any atom is 0.331 e. The number of nitro groups is 1. The summed E-state index contributed by atoms with van der Waals surface area (Å²) in [5, 5.41) is 13.3. The molecule has 0 aliphatic heterocycles.